The van der Waals surface area contributed by atoms with Gasteiger partial charge < -0.3 is 15.4 Å². The van der Waals surface area contributed by atoms with Gasteiger partial charge in [-0.25, -0.2) is 4.98 Å². The molecule has 1 aromatic heterocycles. The Bertz CT molecular complexity index is 614. The summed E-state index contributed by atoms with van der Waals surface area (Å²) >= 11 is 0. The molecule has 104 valence electrons. The van der Waals surface area contributed by atoms with Crippen LogP contribution in [0.15, 0.2) is 42.5 Å². The van der Waals surface area contributed by atoms with E-state index in [2.05, 4.69) is 4.98 Å². The van der Waals surface area contributed by atoms with Crippen molar-refractivity contribution in [2.45, 2.75) is 6.54 Å². The molecule has 2 rings (SSSR count). The molecule has 1 amide bonds. The molecule has 20 heavy (non-hydrogen) atoms. The first-order valence-electron chi connectivity index (χ1n) is 6.21. The number of hydrogen-bond acceptors (Lipinski definition) is 4. The molecule has 0 aliphatic heterocycles. The maximum absolute atomic E-state index is 12.3. The van der Waals surface area contributed by atoms with E-state index >= 15 is 0 Å². The number of para-hydroxylation sites is 1. The van der Waals surface area contributed by atoms with Crippen LogP contribution >= 0.6 is 0 Å². The van der Waals surface area contributed by atoms with Crippen LogP contribution < -0.4 is 10.5 Å². The van der Waals surface area contributed by atoms with Crippen LogP contribution in [-0.4, -0.2) is 29.9 Å². The summed E-state index contributed by atoms with van der Waals surface area (Å²) in [4.78, 5) is 17.9. The normalized spacial score (nSPS) is 10.1. The van der Waals surface area contributed by atoms with Gasteiger partial charge in [0, 0.05) is 19.2 Å². The maximum Gasteiger partial charge on any atom is 0.272 e. The molecule has 1 aromatic carbocycles. The number of benzene rings is 1. The van der Waals surface area contributed by atoms with Crippen LogP contribution in [0.4, 0.5) is 5.82 Å². The quantitative estimate of drug-likeness (QED) is 0.922. The van der Waals surface area contributed by atoms with Gasteiger partial charge in [0.1, 0.15) is 17.3 Å². The van der Waals surface area contributed by atoms with E-state index < -0.39 is 0 Å². The van der Waals surface area contributed by atoms with Gasteiger partial charge in [0.25, 0.3) is 5.91 Å². The minimum atomic E-state index is -0.178. The van der Waals surface area contributed by atoms with Gasteiger partial charge in [-0.05, 0) is 18.2 Å². The fraction of sp³-hybridized carbons (Fsp3) is 0.200. The number of pyridine rings is 1. The number of methoxy groups -OCH3 is 1. The van der Waals surface area contributed by atoms with Crippen molar-refractivity contribution in [3.63, 3.8) is 0 Å². The second-order valence-corrected chi connectivity index (χ2v) is 4.42. The molecule has 0 fully saturated rings. The predicted molar refractivity (Wildman–Crippen MR) is 77.4 cm³/mol. The number of nitrogens with two attached hydrogens (primary N) is 1. The number of aromatic nitrogens is 1. The van der Waals surface area contributed by atoms with Gasteiger partial charge in [-0.1, -0.05) is 24.3 Å². The number of ether oxygens (including phenoxy) is 1. The molecule has 0 spiro atoms. The molecule has 1 heterocycles. The standard InChI is InChI=1S/C15H17N3O2/c1-18(10-11-6-3-4-8-13(11)20-2)15(19)12-7-5-9-14(16)17-12/h3-9H,10H2,1-2H3,(H2,16,17). The second-order valence-electron chi connectivity index (χ2n) is 4.42. The van der Waals surface area contributed by atoms with E-state index in [0.717, 1.165) is 11.3 Å². The van der Waals surface area contributed by atoms with Gasteiger partial charge >= 0.3 is 0 Å². The van der Waals surface area contributed by atoms with Crippen LogP contribution in [0.25, 0.3) is 0 Å². The van der Waals surface area contributed by atoms with E-state index in [4.69, 9.17) is 10.5 Å². The molecular weight excluding hydrogens is 254 g/mol. The molecule has 0 radical (unpaired) electrons. The van der Waals surface area contributed by atoms with E-state index in [1.807, 2.05) is 24.3 Å². The lowest BCUT2D eigenvalue weighted by Gasteiger charge is -2.18. The third kappa shape index (κ3) is 3.06. The summed E-state index contributed by atoms with van der Waals surface area (Å²) in [6.07, 6.45) is 0. The summed E-state index contributed by atoms with van der Waals surface area (Å²) in [5.41, 5.74) is 6.87. The zero-order chi connectivity index (χ0) is 14.5. The summed E-state index contributed by atoms with van der Waals surface area (Å²) in [7, 11) is 3.33. The summed E-state index contributed by atoms with van der Waals surface area (Å²) < 4.78 is 5.28. The average Bonchev–Trinajstić information content (AvgIpc) is 2.47. The number of nitrogens with zero attached hydrogens (tertiary/aromatic N) is 2. The molecule has 0 saturated heterocycles. The number of nitrogen functional groups attached to an aromatic ring is 1. The summed E-state index contributed by atoms with van der Waals surface area (Å²) in [5.74, 6) is 0.914. The fourth-order valence-electron chi connectivity index (χ4n) is 1.93. The van der Waals surface area contributed by atoms with Crippen LogP contribution in [0.1, 0.15) is 16.1 Å². The SMILES string of the molecule is COc1ccccc1CN(C)C(=O)c1cccc(N)n1. The number of rotatable bonds is 4. The van der Waals surface area contributed by atoms with Crippen LogP contribution in [0.5, 0.6) is 5.75 Å². The Morgan fingerprint density at radius 3 is 2.70 bits per heavy atom. The zero-order valence-electron chi connectivity index (χ0n) is 11.5. The minimum absolute atomic E-state index is 0.178. The van der Waals surface area contributed by atoms with Crippen molar-refractivity contribution < 1.29 is 9.53 Å². The Balaban J connectivity index is 2.15. The first-order chi connectivity index (χ1) is 9.61. The first-order valence-corrected chi connectivity index (χ1v) is 6.21. The smallest absolute Gasteiger partial charge is 0.272 e. The van der Waals surface area contributed by atoms with Gasteiger partial charge in [-0.15, -0.1) is 0 Å². The predicted octanol–water partition coefficient (Wildman–Crippen LogP) is 1.94. The van der Waals surface area contributed by atoms with E-state index in [-0.39, 0.29) is 5.91 Å². The molecule has 5 nitrogen and oxygen atoms in total. The fourth-order valence-corrected chi connectivity index (χ4v) is 1.93. The monoisotopic (exact) mass is 271 g/mol. The molecule has 2 aromatic rings. The van der Waals surface area contributed by atoms with E-state index in [9.17, 15) is 4.79 Å². The Morgan fingerprint density at radius 2 is 2.00 bits per heavy atom. The van der Waals surface area contributed by atoms with Crippen molar-refractivity contribution >= 4 is 11.7 Å². The Labute approximate surface area is 118 Å². The summed E-state index contributed by atoms with van der Waals surface area (Å²) in [6.45, 7) is 0.444. The highest BCUT2D eigenvalue weighted by molar-refractivity contribution is 5.92. The Kier molecular flexibility index (Phi) is 4.20. The summed E-state index contributed by atoms with van der Waals surface area (Å²) in [5, 5.41) is 0. The van der Waals surface area contributed by atoms with Gasteiger partial charge in [0.2, 0.25) is 0 Å². The summed E-state index contributed by atoms with van der Waals surface area (Å²) in [6, 6.07) is 12.6. The molecular formula is C15H17N3O2. The number of amides is 1. The first kappa shape index (κ1) is 13.9. The maximum atomic E-state index is 12.3. The van der Waals surface area contributed by atoms with E-state index in [1.54, 1.807) is 37.3 Å². The van der Waals surface area contributed by atoms with Crippen LogP contribution in [-0.2, 0) is 6.54 Å². The van der Waals surface area contributed by atoms with Crippen LogP contribution in [0.2, 0.25) is 0 Å². The number of carbonyl (C=O) groups is 1. The van der Waals surface area contributed by atoms with Gasteiger partial charge in [0.15, 0.2) is 0 Å². The largest absolute Gasteiger partial charge is 0.496 e. The molecule has 0 bridgehead atoms. The van der Waals surface area contributed by atoms with Crippen molar-refractivity contribution in [2.75, 3.05) is 19.9 Å². The molecule has 0 saturated carbocycles. The number of hydrogen-bond donors (Lipinski definition) is 1. The highest BCUT2D eigenvalue weighted by Gasteiger charge is 2.15. The Morgan fingerprint density at radius 1 is 1.25 bits per heavy atom. The molecule has 2 N–H and O–H groups in total. The Hall–Kier alpha value is -2.56. The average molecular weight is 271 g/mol. The third-order valence-electron chi connectivity index (χ3n) is 2.94. The van der Waals surface area contributed by atoms with Gasteiger partial charge in [-0.3, -0.25) is 4.79 Å². The van der Waals surface area contributed by atoms with Crippen molar-refractivity contribution in [1.82, 2.24) is 9.88 Å². The number of anilines is 1. The molecule has 0 atom stereocenters. The molecule has 0 aliphatic carbocycles. The van der Waals surface area contributed by atoms with Crippen molar-refractivity contribution in [3.8, 4) is 5.75 Å². The lowest BCUT2D eigenvalue weighted by atomic mass is 10.2. The molecule has 0 unspecified atom stereocenters. The minimum Gasteiger partial charge on any atom is -0.496 e. The third-order valence-corrected chi connectivity index (χ3v) is 2.94. The van der Waals surface area contributed by atoms with E-state index in [0.29, 0.717) is 18.1 Å². The van der Waals surface area contributed by atoms with Crippen LogP contribution in [0.3, 0.4) is 0 Å². The second kappa shape index (κ2) is 6.06. The molecule has 0 aliphatic rings. The highest BCUT2D eigenvalue weighted by Crippen LogP contribution is 2.19. The van der Waals surface area contributed by atoms with Gasteiger partial charge in [0.05, 0.1) is 7.11 Å². The van der Waals surface area contributed by atoms with E-state index in [1.165, 1.54) is 0 Å². The van der Waals surface area contributed by atoms with Crippen molar-refractivity contribution in [1.29, 1.82) is 0 Å². The van der Waals surface area contributed by atoms with Gasteiger partial charge in [-0.2, -0.15) is 0 Å². The topological polar surface area (TPSA) is 68.5 Å². The van der Waals surface area contributed by atoms with Crippen molar-refractivity contribution in [2.24, 2.45) is 0 Å². The lowest BCUT2D eigenvalue weighted by molar-refractivity contribution is 0.0778. The highest BCUT2D eigenvalue weighted by atomic mass is 16.5. The van der Waals surface area contributed by atoms with Crippen LogP contribution in [0, 0.1) is 0 Å². The lowest BCUT2D eigenvalue weighted by Crippen LogP contribution is -2.27. The van der Waals surface area contributed by atoms with Crippen molar-refractivity contribution in [3.05, 3.63) is 53.7 Å². The zero-order valence-corrected chi connectivity index (χ0v) is 11.5. The molecule has 5 heteroatoms. The number of carbonyl (C=O) groups excluding carboxylic acids is 1.